The van der Waals surface area contributed by atoms with Crippen LogP contribution in [-0.4, -0.2) is 53.4 Å². The van der Waals surface area contributed by atoms with Crippen LogP contribution >= 0.6 is 11.3 Å². The summed E-state index contributed by atoms with van der Waals surface area (Å²) in [4.78, 5) is 29.4. The second-order valence-electron chi connectivity index (χ2n) is 7.75. The average Bonchev–Trinajstić information content (AvgIpc) is 3.29. The lowest BCUT2D eigenvalue weighted by Crippen LogP contribution is -2.37. The van der Waals surface area contributed by atoms with Crippen molar-refractivity contribution in [2.75, 3.05) is 41.9 Å². The zero-order valence-electron chi connectivity index (χ0n) is 18.6. The largest absolute Gasteiger partial charge is 0.378 e. The van der Waals surface area contributed by atoms with Crippen molar-refractivity contribution in [2.24, 2.45) is 5.10 Å². The molecule has 2 aromatic carbocycles. The molecule has 1 saturated heterocycles. The molecule has 5 rings (SSSR count). The molecule has 34 heavy (non-hydrogen) atoms. The Morgan fingerprint density at radius 2 is 1.91 bits per heavy atom. The highest BCUT2D eigenvalue weighted by atomic mass is 32.1. The first-order valence-electron chi connectivity index (χ1n) is 10.9. The number of hydrogen-bond donors (Lipinski definition) is 2. The Morgan fingerprint density at radius 3 is 2.71 bits per heavy atom. The van der Waals surface area contributed by atoms with Crippen molar-refractivity contribution >= 4 is 51.3 Å². The number of para-hydroxylation sites is 1. The van der Waals surface area contributed by atoms with Crippen LogP contribution < -0.4 is 15.6 Å². The Morgan fingerprint density at radius 1 is 1.09 bits per heavy atom. The molecule has 0 atom stereocenters. The van der Waals surface area contributed by atoms with E-state index in [0.717, 1.165) is 11.1 Å². The van der Waals surface area contributed by atoms with E-state index >= 15 is 0 Å². The minimum Gasteiger partial charge on any atom is -0.378 e. The molecular weight excluding hydrogens is 450 g/mol. The summed E-state index contributed by atoms with van der Waals surface area (Å²) in [6, 6.07) is 17.3. The van der Waals surface area contributed by atoms with Crippen LogP contribution in [0.25, 0.3) is 10.3 Å². The van der Waals surface area contributed by atoms with Gasteiger partial charge in [-0.1, -0.05) is 59.4 Å². The molecule has 1 fully saturated rings. The fourth-order valence-corrected chi connectivity index (χ4v) is 4.40. The summed E-state index contributed by atoms with van der Waals surface area (Å²) in [6.07, 6.45) is 1.72. The normalized spacial score (nSPS) is 14.0. The molecular formula is C24H23N7O2S. The standard InChI is InChI=1S/C24H23N7O2S/c1-16-6-5-7-17(14-16)15-25-30-24-28-20(31-10-12-33-13-11-31)19-22(29-24)34-23(27-19)21(32)26-18-8-3-2-4-9-18/h2-9,14-15H,10-13H2,1H3,(H,26,32)(H,28,29,30)/b25-15+. The third-order valence-corrected chi connectivity index (χ3v) is 6.15. The number of aromatic nitrogens is 3. The molecule has 1 aliphatic heterocycles. The Kier molecular flexibility index (Phi) is 6.41. The van der Waals surface area contributed by atoms with Gasteiger partial charge in [-0.2, -0.15) is 15.1 Å². The van der Waals surface area contributed by atoms with Gasteiger partial charge in [0, 0.05) is 18.8 Å². The molecule has 2 N–H and O–H groups in total. The Labute approximate surface area is 200 Å². The van der Waals surface area contributed by atoms with E-state index in [1.54, 1.807) is 6.21 Å². The van der Waals surface area contributed by atoms with E-state index in [2.05, 4.69) is 35.7 Å². The van der Waals surface area contributed by atoms with E-state index in [0.29, 0.717) is 59.1 Å². The summed E-state index contributed by atoms with van der Waals surface area (Å²) in [5.41, 5.74) is 6.36. The number of carbonyl (C=O) groups is 1. The highest BCUT2D eigenvalue weighted by Crippen LogP contribution is 2.30. The van der Waals surface area contributed by atoms with Gasteiger partial charge >= 0.3 is 0 Å². The minimum atomic E-state index is -0.283. The maximum atomic E-state index is 12.8. The fourth-order valence-electron chi connectivity index (χ4n) is 3.57. The number of amides is 1. The van der Waals surface area contributed by atoms with Gasteiger partial charge in [0.1, 0.15) is 5.52 Å². The van der Waals surface area contributed by atoms with E-state index in [9.17, 15) is 4.79 Å². The molecule has 172 valence electrons. The van der Waals surface area contributed by atoms with Gasteiger partial charge in [0.05, 0.1) is 19.4 Å². The third-order valence-electron chi connectivity index (χ3n) is 5.20. The van der Waals surface area contributed by atoms with Gasteiger partial charge in [-0.15, -0.1) is 0 Å². The summed E-state index contributed by atoms with van der Waals surface area (Å²) < 4.78 is 5.49. The number of nitrogens with one attached hydrogen (secondary N) is 2. The number of fused-ring (bicyclic) bond motifs is 1. The van der Waals surface area contributed by atoms with Gasteiger partial charge in [-0.25, -0.2) is 10.4 Å². The average molecular weight is 474 g/mol. The number of rotatable bonds is 6. The lowest BCUT2D eigenvalue weighted by Gasteiger charge is -2.27. The van der Waals surface area contributed by atoms with E-state index in [1.165, 1.54) is 11.3 Å². The summed E-state index contributed by atoms with van der Waals surface area (Å²) in [5.74, 6) is 0.724. The number of hydrogen-bond acceptors (Lipinski definition) is 9. The highest BCUT2D eigenvalue weighted by Gasteiger charge is 2.22. The van der Waals surface area contributed by atoms with Crippen molar-refractivity contribution in [3.05, 3.63) is 70.7 Å². The summed E-state index contributed by atoms with van der Waals surface area (Å²) in [5, 5.41) is 7.51. The predicted octanol–water partition coefficient (Wildman–Crippen LogP) is 3.93. The van der Waals surface area contributed by atoms with Crippen LogP contribution in [0.5, 0.6) is 0 Å². The fraction of sp³-hybridized carbons (Fsp3) is 0.208. The zero-order valence-corrected chi connectivity index (χ0v) is 19.4. The van der Waals surface area contributed by atoms with Crippen LogP contribution in [0, 0.1) is 6.92 Å². The van der Waals surface area contributed by atoms with Crippen LogP contribution in [0.2, 0.25) is 0 Å². The van der Waals surface area contributed by atoms with Gasteiger partial charge in [-0.3, -0.25) is 4.79 Å². The lowest BCUT2D eigenvalue weighted by molar-refractivity contribution is 0.102. The van der Waals surface area contributed by atoms with E-state index in [1.807, 2.05) is 61.5 Å². The molecule has 10 heteroatoms. The number of morpholine rings is 1. The van der Waals surface area contributed by atoms with Crippen LogP contribution in [-0.2, 0) is 4.74 Å². The number of thiazole rings is 1. The molecule has 1 aliphatic rings. The summed E-state index contributed by atoms with van der Waals surface area (Å²) in [7, 11) is 0. The van der Waals surface area contributed by atoms with Crippen molar-refractivity contribution in [3.63, 3.8) is 0 Å². The van der Waals surface area contributed by atoms with Crippen molar-refractivity contribution < 1.29 is 9.53 Å². The van der Waals surface area contributed by atoms with Crippen molar-refractivity contribution in [1.82, 2.24) is 15.0 Å². The third kappa shape index (κ3) is 5.03. The Bertz CT molecular complexity index is 1330. The minimum absolute atomic E-state index is 0.283. The van der Waals surface area contributed by atoms with Crippen molar-refractivity contribution in [2.45, 2.75) is 6.92 Å². The van der Waals surface area contributed by atoms with Gasteiger partial charge in [0.25, 0.3) is 5.91 Å². The first-order valence-corrected chi connectivity index (χ1v) is 11.7. The molecule has 0 unspecified atom stereocenters. The highest BCUT2D eigenvalue weighted by molar-refractivity contribution is 7.20. The lowest BCUT2D eigenvalue weighted by atomic mass is 10.2. The topological polar surface area (TPSA) is 105 Å². The maximum absolute atomic E-state index is 12.8. The molecule has 0 saturated carbocycles. The number of aryl methyl sites for hydroxylation is 1. The summed E-state index contributed by atoms with van der Waals surface area (Å²) >= 11 is 1.22. The van der Waals surface area contributed by atoms with Crippen molar-refractivity contribution in [3.8, 4) is 0 Å². The molecule has 1 amide bonds. The number of hydrazone groups is 1. The van der Waals surface area contributed by atoms with Crippen LogP contribution in [0.15, 0.2) is 59.7 Å². The zero-order chi connectivity index (χ0) is 23.3. The molecule has 2 aromatic heterocycles. The number of carbonyl (C=O) groups excluding carboxylic acids is 1. The first kappa shape index (κ1) is 21.9. The van der Waals surface area contributed by atoms with E-state index in [-0.39, 0.29) is 5.91 Å². The Balaban J connectivity index is 1.45. The van der Waals surface area contributed by atoms with Gasteiger partial charge in [-0.05, 0) is 24.6 Å². The van der Waals surface area contributed by atoms with E-state index in [4.69, 9.17) is 4.74 Å². The van der Waals surface area contributed by atoms with Gasteiger partial charge in [0.2, 0.25) is 5.95 Å². The van der Waals surface area contributed by atoms with Gasteiger partial charge < -0.3 is 15.0 Å². The maximum Gasteiger partial charge on any atom is 0.284 e. The quantitative estimate of drug-likeness (QED) is 0.323. The molecule has 0 bridgehead atoms. The monoisotopic (exact) mass is 473 g/mol. The molecule has 0 radical (unpaired) electrons. The van der Waals surface area contributed by atoms with Crippen molar-refractivity contribution in [1.29, 1.82) is 0 Å². The van der Waals surface area contributed by atoms with E-state index < -0.39 is 0 Å². The second kappa shape index (κ2) is 9.94. The second-order valence-corrected chi connectivity index (χ2v) is 8.72. The Hall–Kier alpha value is -3.89. The van der Waals surface area contributed by atoms with Crippen LogP contribution in [0.1, 0.15) is 20.9 Å². The van der Waals surface area contributed by atoms with Crippen LogP contribution in [0.3, 0.4) is 0 Å². The number of nitrogens with zero attached hydrogens (tertiary/aromatic N) is 5. The summed E-state index contributed by atoms with van der Waals surface area (Å²) in [6.45, 7) is 4.60. The number of ether oxygens (including phenoxy) is 1. The predicted molar refractivity (Wildman–Crippen MR) is 135 cm³/mol. The van der Waals surface area contributed by atoms with Crippen LogP contribution in [0.4, 0.5) is 17.5 Å². The molecule has 4 aromatic rings. The first-order chi connectivity index (χ1) is 16.7. The SMILES string of the molecule is Cc1cccc(/C=N/Nc2nc(N3CCOCC3)c3nc(C(=O)Nc4ccccc4)sc3n2)c1. The number of benzene rings is 2. The smallest absolute Gasteiger partial charge is 0.284 e. The molecule has 0 aliphatic carbocycles. The van der Waals surface area contributed by atoms with Gasteiger partial charge in [0.15, 0.2) is 15.7 Å². The molecule has 3 heterocycles. The molecule has 9 nitrogen and oxygen atoms in total. The number of anilines is 3. The molecule has 0 spiro atoms.